The molecule has 0 amide bonds. The van der Waals surface area contributed by atoms with Crippen LogP contribution in [-0.2, 0) is 0 Å². The summed E-state index contributed by atoms with van der Waals surface area (Å²) >= 11 is 0. The van der Waals surface area contributed by atoms with Crippen molar-refractivity contribution in [2.24, 2.45) is 0 Å². The van der Waals surface area contributed by atoms with Gasteiger partial charge in [0.05, 0.1) is 16.8 Å². The van der Waals surface area contributed by atoms with Gasteiger partial charge in [0.25, 0.3) is 0 Å². The first-order valence-corrected chi connectivity index (χ1v) is 7.03. The quantitative estimate of drug-likeness (QED) is 0.834. The average molecular weight is 290 g/mol. The Morgan fingerprint density at radius 1 is 0.818 bits per heavy atom. The maximum absolute atomic E-state index is 9.28. The molecular weight excluding hydrogens is 276 g/mol. The Labute approximate surface area is 128 Å². The molecule has 0 bridgehead atoms. The van der Waals surface area contributed by atoms with Crippen LogP contribution in [0.5, 0.6) is 0 Å². The van der Waals surface area contributed by atoms with Gasteiger partial charge in [-0.05, 0) is 18.2 Å². The Morgan fingerprint density at radius 2 is 1.36 bits per heavy atom. The van der Waals surface area contributed by atoms with Crippen LogP contribution >= 0.6 is 0 Å². The SMILES string of the molecule is N#Cc1cccc(C#N)c1N1CCN(c2ncccn2)CC1. The van der Waals surface area contributed by atoms with Crippen molar-refractivity contribution in [3.05, 3.63) is 47.8 Å². The molecule has 6 nitrogen and oxygen atoms in total. The number of hydrogen-bond donors (Lipinski definition) is 0. The maximum atomic E-state index is 9.28. The lowest BCUT2D eigenvalue weighted by Crippen LogP contribution is -2.47. The van der Waals surface area contributed by atoms with E-state index < -0.39 is 0 Å². The van der Waals surface area contributed by atoms with E-state index in [1.807, 2.05) is 0 Å². The van der Waals surface area contributed by atoms with Crippen LogP contribution in [0.2, 0.25) is 0 Å². The van der Waals surface area contributed by atoms with Crippen molar-refractivity contribution in [1.29, 1.82) is 10.5 Å². The van der Waals surface area contributed by atoms with Crippen molar-refractivity contribution in [1.82, 2.24) is 9.97 Å². The number of aromatic nitrogens is 2. The van der Waals surface area contributed by atoms with Crippen molar-refractivity contribution in [2.45, 2.75) is 0 Å². The molecule has 0 saturated carbocycles. The largest absolute Gasteiger partial charge is 0.366 e. The molecular formula is C16H14N6. The third-order valence-corrected chi connectivity index (χ3v) is 3.71. The predicted molar refractivity (Wildman–Crippen MR) is 82.3 cm³/mol. The van der Waals surface area contributed by atoms with Gasteiger partial charge in [-0.25, -0.2) is 9.97 Å². The highest BCUT2D eigenvalue weighted by molar-refractivity contribution is 5.68. The summed E-state index contributed by atoms with van der Waals surface area (Å²) in [6, 6.07) is 11.4. The number of benzene rings is 1. The summed E-state index contributed by atoms with van der Waals surface area (Å²) in [4.78, 5) is 12.7. The summed E-state index contributed by atoms with van der Waals surface area (Å²) in [5.74, 6) is 0.719. The summed E-state index contributed by atoms with van der Waals surface area (Å²) in [6.07, 6.45) is 3.46. The van der Waals surface area contributed by atoms with Gasteiger partial charge >= 0.3 is 0 Å². The van der Waals surface area contributed by atoms with Gasteiger partial charge in [-0.3, -0.25) is 0 Å². The zero-order chi connectivity index (χ0) is 15.4. The van der Waals surface area contributed by atoms with Crippen molar-refractivity contribution in [3.8, 4) is 12.1 Å². The van der Waals surface area contributed by atoms with Crippen LogP contribution in [-0.4, -0.2) is 36.1 Å². The zero-order valence-corrected chi connectivity index (χ0v) is 12.0. The predicted octanol–water partition coefficient (Wildman–Crippen LogP) is 1.55. The number of hydrogen-bond acceptors (Lipinski definition) is 6. The minimum Gasteiger partial charge on any atom is -0.366 e. The molecule has 108 valence electrons. The highest BCUT2D eigenvalue weighted by atomic mass is 15.3. The standard InChI is InChI=1S/C16H14N6/c17-11-13-3-1-4-14(12-18)15(13)21-7-9-22(10-8-21)16-19-5-2-6-20-16/h1-6H,7-10H2. The van der Waals surface area contributed by atoms with Crippen LogP contribution in [0.3, 0.4) is 0 Å². The topological polar surface area (TPSA) is 79.8 Å². The van der Waals surface area contributed by atoms with Gasteiger partial charge in [0, 0.05) is 38.6 Å². The number of piperazine rings is 1. The van der Waals surface area contributed by atoms with E-state index in [0.29, 0.717) is 11.1 Å². The second kappa shape index (κ2) is 6.11. The molecule has 0 radical (unpaired) electrons. The van der Waals surface area contributed by atoms with Crippen LogP contribution in [0.1, 0.15) is 11.1 Å². The molecule has 22 heavy (non-hydrogen) atoms. The van der Waals surface area contributed by atoms with Gasteiger partial charge < -0.3 is 9.80 Å². The molecule has 0 aliphatic carbocycles. The van der Waals surface area contributed by atoms with E-state index in [9.17, 15) is 10.5 Å². The van der Waals surface area contributed by atoms with E-state index >= 15 is 0 Å². The molecule has 0 N–H and O–H groups in total. The lowest BCUT2D eigenvalue weighted by Gasteiger charge is -2.36. The lowest BCUT2D eigenvalue weighted by atomic mass is 10.1. The molecule has 2 aromatic rings. The normalized spacial score (nSPS) is 14.3. The molecule has 1 fully saturated rings. The molecule has 1 aromatic heterocycles. The second-order valence-corrected chi connectivity index (χ2v) is 4.95. The Kier molecular flexibility index (Phi) is 3.84. The van der Waals surface area contributed by atoms with Crippen LogP contribution in [0.4, 0.5) is 11.6 Å². The highest BCUT2D eigenvalue weighted by Crippen LogP contribution is 2.26. The molecule has 2 heterocycles. The summed E-state index contributed by atoms with van der Waals surface area (Å²) in [5.41, 5.74) is 1.83. The van der Waals surface area contributed by atoms with Crippen molar-refractivity contribution >= 4 is 11.6 Å². The number of rotatable bonds is 2. The summed E-state index contributed by atoms with van der Waals surface area (Å²) in [6.45, 7) is 2.97. The molecule has 1 aliphatic rings. The fraction of sp³-hybridized carbons (Fsp3) is 0.250. The Bertz CT molecular complexity index is 703. The number of nitriles is 2. The first-order valence-electron chi connectivity index (χ1n) is 7.03. The molecule has 1 aromatic carbocycles. The van der Waals surface area contributed by atoms with Crippen LogP contribution in [0.25, 0.3) is 0 Å². The van der Waals surface area contributed by atoms with Gasteiger partial charge in [0.1, 0.15) is 12.1 Å². The maximum Gasteiger partial charge on any atom is 0.225 e. The molecule has 1 aliphatic heterocycles. The minimum atomic E-state index is 0.545. The summed E-state index contributed by atoms with van der Waals surface area (Å²) < 4.78 is 0. The minimum absolute atomic E-state index is 0.545. The summed E-state index contributed by atoms with van der Waals surface area (Å²) in [5, 5.41) is 18.6. The Balaban J connectivity index is 1.81. The second-order valence-electron chi connectivity index (χ2n) is 4.95. The number of nitrogens with zero attached hydrogens (tertiary/aromatic N) is 6. The third-order valence-electron chi connectivity index (χ3n) is 3.71. The van der Waals surface area contributed by atoms with E-state index in [0.717, 1.165) is 37.8 Å². The Hall–Kier alpha value is -3.12. The van der Waals surface area contributed by atoms with E-state index in [1.54, 1.807) is 36.7 Å². The Morgan fingerprint density at radius 3 is 1.91 bits per heavy atom. The molecule has 0 spiro atoms. The zero-order valence-electron chi connectivity index (χ0n) is 12.0. The fourth-order valence-electron chi connectivity index (χ4n) is 2.65. The average Bonchev–Trinajstić information content (AvgIpc) is 2.62. The summed E-state index contributed by atoms with van der Waals surface area (Å²) in [7, 11) is 0. The smallest absolute Gasteiger partial charge is 0.225 e. The van der Waals surface area contributed by atoms with Gasteiger partial charge in [0.2, 0.25) is 5.95 Å². The molecule has 3 rings (SSSR count). The fourth-order valence-corrected chi connectivity index (χ4v) is 2.65. The number of para-hydroxylation sites is 1. The third kappa shape index (κ3) is 2.55. The van der Waals surface area contributed by atoms with Gasteiger partial charge in [-0.15, -0.1) is 0 Å². The van der Waals surface area contributed by atoms with Crippen LogP contribution in [0, 0.1) is 22.7 Å². The highest BCUT2D eigenvalue weighted by Gasteiger charge is 2.22. The lowest BCUT2D eigenvalue weighted by molar-refractivity contribution is 0.639. The molecule has 6 heteroatoms. The van der Waals surface area contributed by atoms with E-state index in [1.165, 1.54) is 0 Å². The first-order chi connectivity index (χ1) is 10.8. The number of anilines is 2. The molecule has 0 unspecified atom stereocenters. The molecule has 0 atom stereocenters. The van der Waals surface area contributed by atoms with Crippen molar-refractivity contribution in [2.75, 3.05) is 36.0 Å². The van der Waals surface area contributed by atoms with Gasteiger partial charge in [-0.2, -0.15) is 10.5 Å². The van der Waals surface area contributed by atoms with E-state index in [2.05, 4.69) is 31.9 Å². The van der Waals surface area contributed by atoms with Crippen molar-refractivity contribution in [3.63, 3.8) is 0 Å². The van der Waals surface area contributed by atoms with E-state index in [4.69, 9.17) is 0 Å². The van der Waals surface area contributed by atoms with Crippen molar-refractivity contribution < 1.29 is 0 Å². The van der Waals surface area contributed by atoms with Crippen LogP contribution in [0.15, 0.2) is 36.7 Å². The monoisotopic (exact) mass is 290 g/mol. The van der Waals surface area contributed by atoms with Crippen LogP contribution < -0.4 is 9.80 Å². The van der Waals surface area contributed by atoms with Gasteiger partial charge in [-0.1, -0.05) is 6.07 Å². The van der Waals surface area contributed by atoms with Gasteiger partial charge in [0.15, 0.2) is 0 Å². The molecule has 1 saturated heterocycles. The first kappa shape index (κ1) is 13.8. The van der Waals surface area contributed by atoms with E-state index in [-0.39, 0.29) is 0 Å².